The van der Waals surface area contributed by atoms with Crippen molar-refractivity contribution < 1.29 is 15.2 Å². The van der Waals surface area contributed by atoms with Gasteiger partial charge in [0.1, 0.15) is 7.49 Å². The predicted molar refractivity (Wildman–Crippen MR) is 133 cm³/mol. The SMILES string of the molecule is CCCCCCCC[P+](O)(CCCCCCCC)CCCCCCCC.O=[N+]([O-])O. The van der Waals surface area contributed by atoms with Crippen LogP contribution in [0.15, 0.2) is 0 Å². The average molecular weight is 451 g/mol. The topological polar surface area (TPSA) is 83.6 Å². The van der Waals surface area contributed by atoms with Crippen molar-refractivity contribution in [3.63, 3.8) is 0 Å². The van der Waals surface area contributed by atoms with Crippen LogP contribution in [0, 0.1) is 10.1 Å². The Kier molecular flexibility index (Phi) is 26.3. The largest absolute Gasteiger partial charge is 0.328 e. The zero-order valence-electron chi connectivity index (χ0n) is 20.5. The van der Waals surface area contributed by atoms with Crippen molar-refractivity contribution in [2.45, 2.75) is 136 Å². The van der Waals surface area contributed by atoms with Crippen LogP contribution in [-0.4, -0.2) is 33.7 Å². The van der Waals surface area contributed by atoms with Crippen LogP contribution in [0.25, 0.3) is 0 Å². The molecule has 0 saturated heterocycles. The third-order valence-electron chi connectivity index (χ3n) is 5.78. The van der Waals surface area contributed by atoms with Gasteiger partial charge in [0.2, 0.25) is 0 Å². The summed E-state index contributed by atoms with van der Waals surface area (Å²) in [5.41, 5.74) is 0. The molecule has 0 atom stereocenters. The van der Waals surface area contributed by atoms with Gasteiger partial charge in [0.05, 0.1) is 18.5 Å². The van der Waals surface area contributed by atoms with Gasteiger partial charge in [-0.15, -0.1) is 10.1 Å². The molecule has 6 heteroatoms. The number of unbranched alkanes of at least 4 members (excludes halogenated alkanes) is 15. The fraction of sp³-hybridized carbons (Fsp3) is 1.00. The fourth-order valence-corrected chi connectivity index (χ4v) is 7.00. The minimum absolute atomic E-state index is 1.16. The van der Waals surface area contributed by atoms with Crippen LogP contribution in [0.1, 0.15) is 136 Å². The quantitative estimate of drug-likeness (QED) is 0.0793. The number of hydrogen-bond acceptors (Lipinski definition) is 3. The molecule has 0 unspecified atom stereocenters. The summed E-state index contributed by atoms with van der Waals surface area (Å²) in [6.45, 7) is 6.85. The normalized spacial score (nSPS) is 11.2. The van der Waals surface area contributed by atoms with E-state index in [1.807, 2.05) is 0 Å². The van der Waals surface area contributed by atoms with E-state index in [9.17, 15) is 4.89 Å². The molecule has 0 aromatic heterocycles. The lowest BCUT2D eigenvalue weighted by molar-refractivity contribution is -0.742. The van der Waals surface area contributed by atoms with Gasteiger partial charge >= 0.3 is 0 Å². The van der Waals surface area contributed by atoms with Crippen molar-refractivity contribution in [2.24, 2.45) is 0 Å². The van der Waals surface area contributed by atoms with Crippen LogP contribution >= 0.6 is 7.49 Å². The van der Waals surface area contributed by atoms with Gasteiger partial charge in [-0.05, 0) is 38.5 Å². The van der Waals surface area contributed by atoms with Crippen molar-refractivity contribution in [1.29, 1.82) is 0 Å². The summed E-state index contributed by atoms with van der Waals surface area (Å²) in [5, 5.41) is 13.6. The molecule has 0 rings (SSSR count). The minimum Gasteiger partial charge on any atom is -0.328 e. The summed E-state index contributed by atoms with van der Waals surface area (Å²) in [6.07, 6.45) is 27.8. The number of nitrogens with zero attached hydrogens (tertiary/aromatic N) is 1. The smallest absolute Gasteiger partial charge is 0.291 e. The van der Waals surface area contributed by atoms with Crippen molar-refractivity contribution in [2.75, 3.05) is 18.5 Å². The Morgan fingerprint density at radius 3 is 1.00 bits per heavy atom. The van der Waals surface area contributed by atoms with Crippen molar-refractivity contribution in [3.8, 4) is 0 Å². The highest BCUT2D eigenvalue weighted by Gasteiger charge is 2.33. The summed E-state index contributed by atoms with van der Waals surface area (Å²) in [4.78, 5) is 19.7. The van der Waals surface area contributed by atoms with Gasteiger partial charge in [-0.3, -0.25) is 4.89 Å². The molecule has 30 heavy (non-hydrogen) atoms. The first kappa shape index (κ1) is 31.8. The highest BCUT2D eigenvalue weighted by molar-refractivity contribution is 7.70. The van der Waals surface area contributed by atoms with Gasteiger partial charge < -0.3 is 5.21 Å². The molecule has 0 aliphatic carbocycles. The molecule has 0 aliphatic heterocycles. The zero-order valence-corrected chi connectivity index (χ0v) is 21.3. The Morgan fingerprint density at radius 1 is 0.567 bits per heavy atom. The van der Waals surface area contributed by atoms with Crippen LogP contribution in [0.3, 0.4) is 0 Å². The molecular formula is C24H53NO4P+. The maximum Gasteiger partial charge on any atom is 0.291 e. The molecule has 0 fully saturated rings. The van der Waals surface area contributed by atoms with E-state index in [4.69, 9.17) is 15.3 Å². The Bertz CT molecular complexity index is 311. The van der Waals surface area contributed by atoms with E-state index < -0.39 is 12.6 Å². The molecule has 0 amide bonds. The third-order valence-corrected chi connectivity index (χ3v) is 9.23. The van der Waals surface area contributed by atoms with Crippen molar-refractivity contribution in [3.05, 3.63) is 10.1 Å². The van der Waals surface area contributed by atoms with Crippen LogP contribution in [0.2, 0.25) is 0 Å². The van der Waals surface area contributed by atoms with E-state index >= 15 is 0 Å². The third kappa shape index (κ3) is 27.6. The summed E-state index contributed by atoms with van der Waals surface area (Å²) < 4.78 is 0. The van der Waals surface area contributed by atoms with E-state index in [1.165, 1.54) is 116 Å². The van der Waals surface area contributed by atoms with E-state index in [1.54, 1.807) is 0 Å². The highest BCUT2D eigenvalue weighted by atomic mass is 31.2. The van der Waals surface area contributed by atoms with Gasteiger partial charge in [0.15, 0.2) is 0 Å². The number of rotatable bonds is 21. The van der Waals surface area contributed by atoms with Gasteiger partial charge in [0.25, 0.3) is 5.09 Å². The minimum atomic E-state index is -1.64. The van der Waals surface area contributed by atoms with Gasteiger partial charge in [0, 0.05) is 0 Å². The first-order valence-corrected chi connectivity index (χ1v) is 15.1. The molecule has 0 aromatic rings. The van der Waals surface area contributed by atoms with Gasteiger partial charge in [-0.25, -0.2) is 0 Å². The van der Waals surface area contributed by atoms with Crippen molar-refractivity contribution >= 4 is 7.49 Å². The molecule has 0 radical (unpaired) electrons. The van der Waals surface area contributed by atoms with Crippen molar-refractivity contribution in [1.82, 2.24) is 0 Å². The van der Waals surface area contributed by atoms with Gasteiger partial charge in [-0.1, -0.05) is 97.8 Å². The molecule has 0 spiro atoms. The van der Waals surface area contributed by atoms with Crippen LogP contribution in [0.4, 0.5) is 0 Å². The molecular weight excluding hydrogens is 397 g/mol. The van der Waals surface area contributed by atoms with E-state index in [0.717, 1.165) is 18.5 Å². The lowest BCUT2D eigenvalue weighted by atomic mass is 10.1. The molecule has 0 bridgehead atoms. The molecule has 2 N–H and O–H groups in total. The molecule has 0 saturated carbocycles. The second-order valence-corrected chi connectivity index (χ2v) is 12.3. The second-order valence-electron chi connectivity index (χ2n) is 8.81. The summed E-state index contributed by atoms with van der Waals surface area (Å²) >= 11 is 0. The first-order valence-electron chi connectivity index (χ1n) is 12.8. The zero-order chi connectivity index (χ0) is 22.9. The molecule has 5 nitrogen and oxygen atoms in total. The van der Waals surface area contributed by atoms with Gasteiger partial charge in [-0.2, -0.15) is 0 Å². The van der Waals surface area contributed by atoms with E-state index in [-0.39, 0.29) is 0 Å². The predicted octanol–water partition coefficient (Wildman–Crippen LogP) is 8.65. The lowest BCUT2D eigenvalue weighted by Crippen LogP contribution is -2.08. The highest BCUT2D eigenvalue weighted by Crippen LogP contribution is 2.56. The maximum atomic E-state index is 11.3. The number of hydrogen-bond donors (Lipinski definition) is 2. The summed E-state index contributed by atoms with van der Waals surface area (Å²) in [7, 11) is -1.64. The van der Waals surface area contributed by atoms with Crippen LogP contribution in [0.5, 0.6) is 0 Å². The Morgan fingerprint density at radius 2 is 0.767 bits per heavy atom. The average Bonchev–Trinajstić information content (AvgIpc) is 2.70. The Labute approximate surface area is 188 Å². The molecule has 0 heterocycles. The fourth-order valence-electron chi connectivity index (χ4n) is 3.89. The van der Waals surface area contributed by atoms with E-state index in [0.29, 0.717) is 0 Å². The monoisotopic (exact) mass is 450 g/mol. The Balaban J connectivity index is 0. The Hall–Kier alpha value is -0.410. The lowest BCUT2D eigenvalue weighted by Gasteiger charge is -2.21. The molecule has 0 aliphatic rings. The second kappa shape index (κ2) is 24.9. The maximum absolute atomic E-state index is 11.3. The molecule has 0 aromatic carbocycles. The summed E-state index contributed by atoms with van der Waals surface area (Å²) in [6, 6.07) is 0. The van der Waals surface area contributed by atoms with E-state index in [2.05, 4.69) is 20.8 Å². The molecule has 182 valence electrons. The van der Waals surface area contributed by atoms with Crippen LogP contribution < -0.4 is 0 Å². The van der Waals surface area contributed by atoms with Crippen LogP contribution in [-0.2, 0) is 0 Å². The first-order chi connectivity index (χ1) is 14.4. The standard InChI is InChI=1S/C24H52OP.HNO3/c1-4-7-10-13-16-19-22-26(25,23-20-17-14-11-8-5-2)24-21-18-15-12-9-6-3;2-1(3)4/h25H,4-24H2,1-3H3;(H,2,3,4)/q+1;. The summed E-state index contributed by atoms with van der Waals surface area (Å²) in [5.74, 6) is 0.